The summed E-state index contributed by atoms with van der Waals surface area (Å²) in [6.07, 6.45) is 0.909. The molecular weight excluding hydrogens is 352 g/mol. The first-order valence-electron chi connectivity index (χ1n) is 8.71. The van der Waals surface area contributed by atoms with Crippen molar-refractivity contribution >= 4 is 29.2 Å². The van der Waals surface area contributed by atoms with E-state index in [1.165, 1.54) is 7.11 Å². The van der Waals surface area contributed by atoms with Gasteiger partial charge < -0.3 is 20.3 Å². The molecule has 0 radical (unpaired) electrons. The van der Waals surface area contributed by atoms with Crippen molar-refractivity contribution in [1.29, 1.82) is 0 Å². The standard InChI is InChI=1S/C18H26N4O3S/c1-25-17(24)13-20-18(26)22-9-5-8-21(10-11-22)14-16(23)19-12-15-6-3-2-4-7-15/h2-4,6-7H,5,8-14H2,1H3,(H,19,23)(H,20,26). The highest BCUT2D eigenvalue weighted by Crippen LogP contribution is 2.04. The summed E-state index contributed by atoms with van der Waals surface area (Å²) >= 11 is 5.33. The Kier molecular flexibility index (Phi) is 8.30. The van der Waals surface area contributed by atoms with Crippen molar-refractivity contribution in [3.63, 3.8) is 0 Å². The lowest BCUT2D eigenvalue weighted by Crippen LogP contribution is -2.44. The average Bonchev–Trinajstić information content (AvgIpc) is 2.90. The third-order valence-corrected chi connectivity index (χ3v) is 4.59. The highest BCUT2D eigenvalue weighted by atomic mass is 32.1. The fourth-order valence-corrected chi connectivity index (χ4v) is 2.97. The molecule has 1 heterocycles. The zero-order valence-electron chi connectivity index (χ0n) is 15.1. The van der Waals surface area contributed by atoms with E-state index in [0.717, 1.165) is 38.2 Å². The summed E-state index contributed by atoms with van der Waals surface area (Å²) in [6.45, 7) is 4.10. The van der Waals surface area contributed by atoms with Crippen LogP contribution in [0.4, 0.5) is 0 Å². The lowest BCUT2D eigenvalue weighted by Gasteiger charge is -2.24. The van der Waals surface area contributed by atoms with Crippen LogP contribution in [0.1, 0.15) is 12.0 Å². The minimum Gasteiger partial charge on any atom is -0.468 e. The zero-order chi connectivity index (χ0) is 18.8. The van der Waals surface area contributed by atoms with Crippen LogP contribution in [0.3, 0.4) is 0 Å². The number of rotatable bonds is 6. The van der Waals surface area contributed by atoms with E-state index in [-0.39, 0.29) is 18.4 Å². The molecule has 8 heteroatoms. The van der Waals surface area contributed by atoms with E-state index in [4.69, 9.17) is 12.2 Å². The SMILES string of the molecule is COC(=O)CNC(=S)N1CCCN(CC(=O)NCc2ccccc2)CC1. The molecule has 0 aliphatic carbocycles. The van der Waals surface area contributed by atoms with Gasteiger partial charge in [0.25, 0.3) is 0 Å². The number of ether oxygens (including phenoxy) is 1. The minimum absolute atomic E-state index is 0.0219. The van der Waals surface area contributed by atoms with Gasteiger partial charge in [-0.1, -0.05) is 30.3 Å². The van der Waals surface area contributed by atoms with Gasteiger partial charge in [0.05, 0.1) is 13.7 Å². The van der Waals surface area contributed by atoms with Crippen molar-refractivity contribution in [3.05, 3.63) is 35.9 Å². The van der Waals surface area contributed by atoms with E-state index in [9.17, 15) is 9.59 Å². The smallest absolute Gasteiger partial charge is 0.325 e. The number of nitrogens with one attached hydrogen (secondary N) is 2. The maximum absolute atomic E-state index is 12.2. The molecule has 1 saturated heterocycles. The van der Waals surface area contributed by atoms with Gasteiger partial charge in [0.2, 0.25) is 5.91 Å². The van der Waals surface area contributed by atoms with Crippen LogP contribution < -0.4 is 10.6 Å². The van der Waals surface area contributed by atoms with Crippen LogP contribution in [0.5, 0.6) is 0 Å². The summed E-state index contributed by atoms with van der Waals surface area (Å²) < 4.78 is 4.60. The Hall–Kier alpha value is -2.19. The van der Waals surface area contributed by atoms with Gasteiger partial charge in [0.1, 0.15) is 6.54 Å². The first kappa shape index (κ1) is 20.1. The van der Waals surface area contributed by atoms with Gasteiger partial charge in [-0.2, -0.15) is 0 Å². The van der Waals surface area contributed by atoms with Crippen molar-refractivity contribution < 1.29 is 14.3 Å². The quantitative estimate of drug-likeness (QED) is 0.547. The second-order valence-corrected chi connectivity index (χ2v) is 6.50. The maximum Gasteiger partial charge on any atom is 0.325 e. The summed E-state index contributed by atoms with van der Waals surface area (Å²) in [5.41, 5.74) is 1.09. The molecule has 1 fully saturated rings. The highest BCUT2D eigenvalue weighted by Gasteiger charge is 2.19. The normalized spacial score (nSPS) is 15.0. The molecule has 1 aliphatic heterocycles. The number of thiocarbonyl (C=S) groups is 1. The number of hydrogen-bond donors (Lipinski definition) is 2. The van der Waals surface area contributed by atoms with E-state index >= 15 is 0 Å². The Balaban J connectivity index is 1.71. The Morgan fingerprint density at radius 2 is 1.88 bits per heavy atom. The Bertz CT molecular complexity index is 612. The topological polar surface area (TPSA) is 73.9 Å². The Morgan fingerprint density at radius 1 is 1.12 bits per heavy atom. The van der Waals surface area contributed by atoms with E-state index in [0.29, 0.717) is 18.2 Å². The summed E-state index contributed by atoms with van der Waals surface area (Å²) in [7, 11) is 1.35. The molecule has 1 aromatic carbocycles. The number of nitrogens with zero attached hydrogens (tertiary/aromatic N) is 2. The average molecular weight is 378 g/mol. The summed E-state index contributed by atoms with van der Waals surface area (Å²) in [5, 5.41) is 6.41. The summed E-state index contributed by atoms with van der Waals surface area (Å²) in [5.74, 6) is -0.326. The second kappa shape index (κ2) is 10.7. The fourth-order valence-electron chi connectivity index (χ4n) is 2.72. The number of benzene rings is 1. The van der Waals surface area contributed by atoms with E-state index in [1.807, 2.05) is 35.2 Å². The first-order chi connectivity index (χ1) is 12.6. The van der Waals surface area contributed by atoms with Gasteiger partial charge in [-0.25, -0.2) is 0 Å². The lowest BCUT2D eigenvalue weighted by molar-refractivity contribution is -0.139. The third-order valence-electron chi connectivity index (χ3n) is 4.19. The van der Waals surface area contributed by atoms with Gasteiger partial charge in [-0.15, -0.1) is 0 Å². The van der Waals surface area contributed by atoms with Crippen molar-refractivity contribution in [3.8, 4) is 0 Å². The van der Waals surface area contributed by atoms with Gasteiger partial charge >= 0.3 is 5.97 Å². The van der Waals surface area contributed by atoms with Crippen LogP contribution in [-0.4, -0.2) is 73.2 Å². The number of hydrogen-bond acceptors (Lipinski definition) is 5. The Morgan fingerprint density at radius 3 is 2.62 bits per heavy atom. The molecule has 0 spiro atoms. The van der Waals surface area contributed by atoms with Crippen LogP contribution in [0, 0.1) is 0 Å². The maximum atomic E-state index is 12.2. The molecule has 7 nitrogen and oxygen atoms in total. The molecule has 142 valence electrons. The Labute approximate surface area is 159 Å². The number of carbonyl (C=O) groups excluding carboxylic acids is 2. The van der Waals surface area contributed by atoms with Gasteiger partial charge in [-0.3, -0.25) is 14.5 Å². The molecule has 1 aliphatic rings. The monoisotopic (exact) mass is 378 g/mol. The van der Waals surface area contributed by atoms with E-state index < -0.39 is 0 Å². The van der Waals surface area contributed by atoms with Crippen LogP contribution >= 0.6 is 12.2 Å². The molecule has 26 heavy (non-hydrogen) atoms. The van der Waals surface area contributed by atoms with Gasteiger partial charge in [0, 0.05) is 32.7 Å². The molecular formula is C18H26N4O3S. The molecule has 1 amide bonds. The van der Waals surface area contributed by atoms with Crippen molar-refractivity contribution in [2.45, 2.75) is 13.0 Å². The van der Waals surface area contributed by atoms with Crippen LogP contribution in [0.2, 0.25) is 0 Å². The summed E-state index contributed by atoms with van der Waals surface area (Å²) in [4.78, 5) is 27.5. The zero-order valence-corrected chi connectivity index (χ0v) is 15.9. The lowest BCUT2D eigenvalue weighted by atomic mass is 10.2. The highest BCUT2D eigenvalue weighted by molar-refractivity contribution is 7.80. The van der Waals surface area contributed by atoms with E-state index in [2.05, 4.69) is 20.3 Å². The van der Waals surface area contributed by atoms with Crippen LogP contribution in [-0.2, 0) is 20.9 Å². The van der Waals surface area contributed by atoms with Crippen molar-refractivity contribution in [2.24, 2.45) is 0 Å². The molecule has 2 rings (SSSR count). The third kappa shape index (κ3) is 6.97. The number of esters is 1. The van der Waals surface area contributed by atoms with E-state index in [1.54, 1.807) is 0 Å². The molecule has 0 unspecified atom stereocenters. The predicted molar refractivity (Wildman–Crippen MR) is 104 cm³/mol. The predicted octanol–water partition coefficient (Wildman–Crippen LogP) is 0.358. The molecule has 0 saturated carbocycles. The molecule has 0 bridgehead atoms. The largest absolute Gasteiger partial charge is 0.468 e. The van der Waals surface area contributed by atoms with Gasteiger partial charge in [-0.05, 0) is 24.2 Å². The number of amides is 1. The van der Waals surface area contributed by atoms with Crippen molar-refractivity contribution in [1.82, 2.24) is 20.4 Å². The number of carbonyl (C=O) groups is 2. The number of methoxy groups -OCH3 is 1. The first-order valence-corrected chi connectivity index (χ1v) is 9.12. The molecule has 2 N–H and O–H groups in total. The van der Waals surface area contributed by atoms with Crippen LogP contribution in [0.15, 0.2) is 30.3 Å². The van der Waals surface area contributed by atoms with Gasteiger partial charge in [0.15, 0.2) is 5.11 Å². The second-order valence-electron chi connectivity index (χ2n) is 6.11. The molecule has 0 aromatic heterocycles. The fraction of sp³-hybridized carbons (Fsp3) is 0.500. The molecule has 1 aromatic rings. The summed E-state index contributed by atoms with van der Waals surface area (Å²) in [6, 6.07) is 9.86. The van der Waals surface area contributed by atoms with Crippen molar-refractivity contribution in [2.75, 3.05) is 46.4 Å². The van der Waals surface area contributed by atoms with Crippen LogP contribution in [0.25, 0.3) is 0 Å². The minimum atomic E-state index is -0.348. The molecule has 0 atom stereocenters.